The van der Waals surface area contributed by atoms with Gasteiger partial charge >= 0.3 is 6.03 Å². The van der Waals surface area contributed by atoms with Crippen LogP contribution in [-0.2, 0) is 32.7 Å². The Bertz CT molecular complexity index is 1050. The van der Waals surface area contributed by atoms with E-state index in [-0.39, 0.29) is 12.5 Å². The number of imide groups is 1. The van der Waals surface area contributed by atoms with E-state index in [0.29, 0.717) is 24.3 Å². The zero-order valence-electron chi connectivity index (χ0n) is 21.3. The number of amides is 4. The third kappa shape index (κ3) is 5.51. The standard InChI is InChI=1S/C24H30N4O4S.C2H6/c1-15(32-4)6-5-7-18-13-28(21(29)16(18)2)14-24(22(30)25-23(31)26-24)20-12-17-8-10-27(3)11-9-19(17)33-20;1-2/h5-6,12H,1,7-11,13-14H2,2-4H3,(H2,25,26,30,31);1-2H3/b6-5-;/t24-;/m0./s1. The fourth-order valence-electron chi connectivity index (χ4n) is 4.51. The molecule has 4 rings (SSSR count). The van der Waals surface area contributed by atoms with Gasteiger partial charge in [-0.15, -0.1) is 11.3 Å². The van der Waals surface area contributed by atoms with Gasteiger partial charge in [-0.25, -0.2) is 4.79 Å². The number of methoxy groups -OCH3 is 1. The number of hydrogen-bond donors (Lipinski definition) is 2. The molecule has 0 aromatic carbocycles. The lowest BCUT2D eigenvalue weighted by molar-refractivity contribution is -0.129. The molecule has 4 heterocycles. The van der Waals surface area contributed by atoms with Crippen LogP contribution in [0.3, 0.4) is 0 Å². The van der Waals surface area contributed by atoms with Crippen molar-refractivity contribution in [3.05, 3.63) is 57.0 Å². The molecule has 1 aromatic heterocycles. The Morgan fingerprint density at radius 3 is 2.63 bits per heavy atom. The molecule has 0 unspecified atom stereocenters. The zero-order valence-corrected chi connectivity index (χ0v) is 22.1. The maximum Gasteiger partial charge on any atom is 0.322 e. The number of likely N-dealkylation sites (N-methyl/N-ethyl adjacent to an activating group) is 1. The van der Waals surface area contributed by atoms with Crippen molar-refractivity contribution in [2.24, 2.45) is 0 Å². The summed E-state index contributed by atoms with van der Waals surface area (Å²) in [7, 11) is 3.66. The van der Waals surface area contributed by atoms with Gasteiger partial charge in [-0.1, -0.05) is 26.5 Å². The highest BCUT2D eigenvalue weighted by Crippen LogP contribution is 2.37. The average molecular weight is 501 g/mol. The zero-order chi connectivity index (χ0) is 25.8. The molecule has 0 radical (unpaired) electrons. The molecule has 9 heteroatoms. The topological polar surface area (TPSA) is 91.0 Å². The van der Waals surface area contributed by atoms with Crippen molar-refractivity contribution >= 4 is 29.2 Å². The molecule has 1 aromatic rings. The summed E-state index contributed by atoms with van der Waals surface area (Å²) in [6.07, 6.45) is 6.09. The lowest BCUT2D eigenvalue weighted by Crippen LogP contribution is -2.52. The van der Waals surface area contributed by atoms with Gasteiger partial charge in [0, 0.05) is 35.0 Å². The minimum Gasteiger partial charge on any atom is -0.497 e. The van der Waals surface area contributed by atoms with Gasteiger partial charge in [0.1, 0.15) is 5.76 Å². The van der Waals surface area contributed by atoms with Crippen molar-refractivity contribution < 1.29 is 19.1 Å². The van der Waals surface area contributed by atoms with Crippen LogP contribution in [0.4, 0.5) is 4.79 Å². The molecule has 0 aliphatic carbocycles. The molecule has 1 atom stereocenters. The molecule has 0 spiro atoms. The highest BCUT2D eigenvalue weighted by molar-refractivity contribution is 7.12. The number of nitrogens with one attached hydrogen (secondary N) is 2. The average Bonchev–Trinajstić information content (AvgIpc) is 3.43. The first-order valence-electron chi connectivity index (χ1n) is 12.0. The molecular weight excluding hydrogens is 464 g/mol. The summed E-state index contributed by atoms with van der Waals surface area (Å²) in [6, 6.07) is 1.52. The van der Waals surface area contributed by atoms with Crippen molar-refractivity contribution in [2.45, 2.75) is 45.6 Å². The van der Waals surface area contributed by atoms with Crippen LogP contribution in [0.1, 0.15) is 42.5 Å². The molecule has 3 aliphatic heterocycles. The van der Waals surface area contributed by atoms with Gasteiger partial charge in [0.25, 0.3) is 5.91 Å². The maximum atomic E-state index is 13.1. The highest BCUT2D eigenvalue weighted by Gasteiger charge is 2.51. The van der Waals surface area contributed by atoms with E-state index in [1.807, 2.05) is 26.0 Å². The number of ether oxygens (including phenoxy) is 1. The fraction of sp³-hybridized carbons (Fsp3) is 0.500. The van der Waals surface area contributed by atoms with Gasteiger partial charge in [0.15, 0.2) is 5.54 Å². The van der Waals surface area contributed by atoms with Crippen LogP contribution >= 0.6 is 11.3 Å². The van der Waals surface area contributed by atoms with Gasteiger partial charge in [-0.2, -0.15) is 0 Å². The third-order valence-corrected chi connectivity index (χ3v) is 8.02. The number of urea groups is 1. The summed E-state index contributed by atoms with van der Waals surface area (Å²) in [5.74, 6) is 0.0237. The third-order valence-electron chi connectivity index (χ3n) is 6.62. The first-order chi connectivity index (χ1) is 16.7. The molecular formula is C26H36N4O4S. The van der Waals surface area contributed by atoms with Gasteiger partial charge in [-0.3, -0.25) is 14.9 Å². The lowest BCUT2D eigenvalue weighted by atomic mass is 9.95. The van der Waals surface area contributed by atoms with Crippen molar-refractivity contribution in [1.82, 2.24) is 20.4 Å². The van der Waals surface area contributed by atoms with Crippen LogP contribution < -0.4 is 10.6 Å². The molecule has 1 fully saturated rings. The second-order valence-corrected chi connectivity index (χ2v) is 9.98. The lowest BCUT2D eigenvalue weighted by Gasteiger charge is -2.30. The Morgan fingerprint density at radius 1 is 1.26 bits per heavy atom. The normalized spacial score (nSPS) is 22.5. The number of fused-ring (bicyclic) bond motifs is 1. The van der Waals surface area contributed by atoms with Gasteiger partial charge in [0.2, 0.25) is 5.91 Å². The first kappa shape index (κ1) is 26.7. The summed E-state index contributed by atoms with van der Waals surface area (Å²) in [6.45, 7) is 12.0. The number of carbonyl (C=O) groups is 3. The number of allylic oxidation sites excluding steroid dienone is 2. The Labute approximate surface area is 211 Å². The summed E-state index contributed by atoms with van der Waals surface area (Å²) in [4.78, 5) is 44.3. The van der Waals surface area contributed by atoms with Crippen molar-refractivity contribution in [3.63, 3.8) is 0 Å². The largest absolute Gasteiger partial charge is 0.497 e. The second-order valence-electron chi connectivity index (χ2n) is 8.84. The molecule has 2 N–H and O–H groups in total. The monoisotopic (exact) mass is 500 g/mol. The minimum absolute atomic E-state index is 0.0953. The fourth-order valence-corrected chi connectivity index (χ4v) is 5.85. The van der Waals surface area contributed by atoms with E-state index in [4.69, 9.17) is 4.74 Å². The number of thiophene rings is 1. The molecule has 3 aliphatic rings. The number of carbonyl (C=O) groups excluding carboxylic acids is 3. The van der Waals surface area contributed by atoms with E-state index in [1.165, 1.54) is 10.4 Å². The molecule has 35 heavy (non-hydrogen) atoms. The molecule has 1 saturated heterocycles. The predicted octanol–water partition coefficient (Wildman–Crippen LogP) is 3.10. The van der Waals surface area contributed by atoms with Crippen LogP contribution in [0.5, 0.6) is 0 Å². The summed E-state index contributed by atoms with van der Waals surface area (Å²) in [5, 5.41) is 5.25. The number of rotatable bonds is 7. The van der Waals surface area contributed by atoms with E-state index in [0.717, 1.165) is 36.4 Å². The minimum atomic E-state index is -1.27. The van der Waals surface area contributed by atoms with Crippen molar-refractivity contribution in [3.8, 4) is 0 Å². The van der Waals surface area contributed by atoms with Gasteiger partial charge < -0.3 is 19.9 Å². The maximum absolute atomic E-state index is 13.1. The molecule has 8 nitrogen and oxygen atoms in total. The summed E-state index contributed by atoms with van der Waals surface area (Å²) >= 11 is 1.57. The number of nitrogens with zero attached hydrogens (tertiary/aromatic N) is 2. The van der Waals surface area contributed by atoms with E-state index >= 15 is 0 Å². The molecule has 4 amide bonds. The Balaban J connectivity index is 0.00000167. The van der Waals surface area contributed by atoms with Crippen LogP contribution in [0, 0.1) is 0 Å². The first-order valence-corrected chi connectivity index (χ1v) is 12.9. The quantitative estimate of drug-likeness (QED) is 0.341. The second kappa shape index (κ2) is 11.2. The molecule has 0 bridgehead atoms. The molecule has 190 valence electrons. The van der Waals surface area contributed by atoms with E-state index in [9.17, 15) is 14.4 Å². The Kier molecular flexibility index (Phi) is 8.56. The predicted molar refractivity (Wildman–Crippen MR) is 138 cm³/mol. The van der Waals surface area contributed by atoms with Crippen LogP contribution in [0.15, 0.2) is 41.7 Å². The van der Waals surface area contributed by atoms with E-state index in [2.05, 4.69) is 29.2 Å². The van der Waals surface area contributed by atoms with E-state index in [1.54, 1.807) is 36.3 Å². The van der Waals surface area contributed by atoms with Crippen LogP contribution in [0.2, 0.25) is 0 Å². The van der Waals surface area contributed by atoms with Crippen molar-refractivity contribution in [1.29, 1.82) is 0 Å². The van der Waals surface area contributed by atoms with Crippen molar-refractivity contribution in [2.75, 3.05) is 40.3 Å². The molecule has 0 saturated carbocycles. The summed E-state index contributed by atoms with van der Waals surface area (Å²) < 4.78 is 5.04. The Morgan fingerprint density at radius 2 is 1.97 bits per heavy atom. The van der Waals surface area contributed by atoms with E-state index < -0.39 is 17.5 Å². The smallest absolute Gasteiger partial charge is 0.322 e. The SMILES string of the molecule is C=C(/C=C\CC1=C(C)C(=O)N(C[C@@]2(c3cc4c(s3)CCN(C)CC4)NC(=O)NC2=O)C1)OC.CC. The van der Waals surface area contributed by atoms with Crippen LogP contribution in [0.25, 0.3) is 0 Å². The highest BCUT2D eigenvalue weighted by atomic mass is 32.1. The Hall–Kier alpha value is -2.91. The van der Waals surface area contributed by atoms with Gasteiger partial charge in [-0.05, 0) is 56.5 Å². The number of hydrogen-bond acceptors (Lipinski definition) is 6. The van der Waals surface area contributed by atoms with Crippen LogP contribution in [-0.4, -0.2) is 68.0 Å². The van der Waals surface area contributed by atoms with Gasteiger partial charge in [0.05, 0.1) is 13.7 Å². The summed E-state index contributed by atoms with van der Waals surface area (Å²) in [5.41, 5.74) is 1.60.